The first-order chi connectivity index (χ1) is 8.11. The number of nitrogens with one attached hydrogen (secondary N) is 1. The predicted molar refractivity (Wildman–Crippen MR) is 63.8 cm³/mol. The molecular weight excluding hydrogens is 242 g/mol. The van der Waals surface area contributed by atoms with Crippen molar-refractivity contribution in [3.05, 3.63) is 34.9 Å². The molecule has 0 aliphatic carbocycles. The molecule has 0 bridgehead atoms. The lowest BCUT2D eigenvalue weighted by Crippen LogP contribution is -2.45. The Kier molecular flexibility index (Phi) is 3.21. The molecule has 2 rings (SSSR count). The van der Waals surface area contributed by atoms with Gasteiger partial charge >= 0.3 is 0 Å². The van der Waals surface area contributed by atoms with E-state index in [2.05, 4.69) is 10.3 Å². The van der Waals surface area contributed by atoms with Crippen LogP contribution in [0.3, 0.4) is 0 Å². The zero-order chi connectivity index (χ0) is 12.4. The molecule has 1 aromatic carbocycles. The molecule has 0 spiro atoms. The molecule has 1 unspecified atom stereocenters. The van der Waals surface area contributed by atoms with Gasteiger partial charge in [0.05, 0.1) is 6.54 Å². The minimum atomic E-state index is -0.941. The fourth-order valence-corrected chi connectivity index (χ4v) is 1.83. The zero-order valence-electron chi connectivity index (χ0n) is 8.81. The molecule has 0 radical (unpaired) electrons. The Morgan fingerprint density at radius 1 is 1.41 bits per heavy atom. The molecule has 88 valence electrons. The Labute approximate surface area is 103 Å². The van der Waals surface area contributed by atoms with Crippen LogP contribution < -0.4 is 11.1 Å². The average Bonchev–Trinajstić information content (AvgIpc) is 2.28. The number of aliphatic imine (C=N–C) groups is 1. The van der Waals surface area contributed by atoms with E-state index in [1.807, 2.05) is 0 Å². The van der Waals surface area contributed by atoms with Crippen LogP contribution >= 0.6 is 11.6 Å². The lowest BCUT2D eigenvalue weighted by atomic mass is 9.96. The smallest absolute Gasteiger partial charge is 0.264 e. The molecule has 0 fully saturated rings. The highest BCUT2D eigenvalue weighted by atomic mass is 35.5. The highest BCUT2D eigenvalue weighted by molar-refractivity contribution is 6.30. The van der Waals surface area contributed by atoms with Crippen molar-refractivity contribution in [3.8, 4) is 0 Å². The first-order valence-electron chi connectivity index (χ1n) is 4.99. The molecule has 0 aromatic heterocycles. The van der Waals surface area contributed by atoms with E-state index in [1.165, 1.54) is 0 Å². The van der Waals surface area contributed by atoms with Crippen LogP contribution in [0, 0.1) is 0 Å². The summed E-state index contributed by atoms with van der Waals surface area (Å²) in [4.78, 5) is 27.2. The number of benzene rings is 1. The number of amidine groups is 1. The number of hydrogen-bond donors (Lipinski definition) is 2. The predicted octanol–water partition coefficient (Wildman–Crippen LogP) is 0.437. The minimum absolute atomic E-state index is 0.0275. The Hall–Kier alpha value is -1.72. The number of amides is 2. The van der Waals surface area contributed by atoms with E-state index < -0.39 is 17.7 Å². The van der Waals surface area contributed by atoms with E-state index >= 15 is 0 Å². The average molecular weight is 252 g/mol. The lowest BCUT2D eigenvalue weighted by Gasteiger charge is -2.19. The maximum atomic E-state index is 11.8. The van der Waals surface area contributed by atoms with Gasteiger partial charge in [-0.25, -0.2) is 0 Å². The van der Waals surface area contributed by atoms with Crippen molar-refractivity contribution >= 4 is 29.3 Å². The first kappa shape index (κ1) is 11.8. The minimum Gasteiger partial charge on any atom is -0.324 e. The standard InChI is InChI=1S/C11H10ClN3O2/c12-7-3-1-2-6(4-7)9-10(16)14-8(5-13)15-11(9)17/h1-4,9H,5,13H2,(H,14,15,16,17). The number of carbonyl (C=O) groups excluding carboxylic acids is 2. The monoisotopic (exact) mass is 251 g/mol. The van der Waals surface area contributed by atoms with Gasteiger partial charge in [0, 0.05) is 5.02 Å². The second-order valence-corrected chi connectivity index (χ2v) is 4.01. The van der Waals surface area contributed by atoms with Crippen LogP contribution in [0.4, 0.5) is 0 Å². The summed E-state index contributed by atoms with van der Waals surface area (Å²) in [7, 11) is 0. The normalized spacial score (nSPS) is 19.9. The third-order valence-corrected chi connectivity index (χ3v) is 2.63. The van der Waals surface area contributed by atoms with E-state index in [0.29, 0.717) is 10.6 Å². The molecule has 1 aromatic rings. The second kappa shape index (κ2) is 4.65. The van der Waals surface area contributed by atoms with Crippen molar-refractivity contribution in [2.75, 3.05) is 6.54 Å². The Morgan fingerprint density at radius 3 is 2.76 bits per heavy atom. The van der Waals surface area contributed by atoms with Crippen LogP contribution in [0.25, 0.3) is 0 Å². The molecule has 3 N–H and O–H groups in total. The summed E-state index contributed by atoms with van der Waals surface area (Å²) in [6.45, 7) is 0.0275. The molecule has 1 atom stereocenters. The van der Waals surface area contributed by atoms with Gasteiger partial charge in [0.15, 0.2) is 0 Å². The van der Waals surface area contributed by atoms with E-state index in [4.69, 9.17) is 17.3 Å². The van der Waals surface area contributed by atoms with E-state index in [-0.39, 0.29) is 12.4 Å². The van der Waals surface area contributed by atoms with Gasteiger partial charge < -0.3 is 11.1 Å². The van der Waals surface area contributed by atoms with E-state index in [1.54, 1.807) is 24.3 Å². The van der Waals surface area contributed by atoms with Gasteiger partial charge in [0.2, 0.25) is 5.91 Å². The summed E-state index contributed by atoms with van der Waals surface area (Å²) in [6, 6.07) is 6.59. The van der Waals surface area contributed by atoms with Crippen LogP contribution in [0.2, 0.25) is 5.02 Å². The molecule has 17 heavy (non-hydrogen) atoms. The topological polar surface area (TPSA) is 84.5 Å². The van der Waals surface area contributed by atoms with Crippen molar-refractivity contribution in [3.63, 3.8) is 0 Å². The molecule has 1 aliphatic rings. The quantitative estimate of drug-likeness (QED) is 0.748. The molecule has 1 heterocycles. The number of rotatable bonds is 2. The molecule has 0 saturated carbocycles. The number of nitrogens with zero attached hydrogens (tertiary/aromatic N) is 1. The van der Waals surface area contributed by atoms with Crippen LogP contribution in [0.15, 0.2) is 29.3 Å². The summed E-state index contributed by atoms with van der Waals surface area (Å²) in [6.07, 6.45) is 0. The van der Waals surface area contributed by atoms with Gasteiger partial charge in [-0.15, -0.1) is 0 Å². The third-order valence-electron chi connectivity index (χ3n) is 2.40. The summed E-state index contributed by atoms with van der Waals surface area (Å²) in [5, 5.41) is 2.96. The molecule has 5 nitrogen and oxygen atoms in total. The SMILES string of the molecule is NCC1=NC(=O)C(c2cccc(Cl)c2)C(=O)N1. The van der Waals surface area contributed by atoms with Gasteiger partial charge in [0.25, 0.3) is 5.91 Å². The van der Waals surface area contributed by atoms with Crippen LogP contribution in [-0.2, 0) is 9.59 Å². The number of nitrogens with two attached hydrogens (primary N) is 1. The Bertz CT molecular complexity index is 513. The molecule has 6 heteroatoms. The Morgan fingerprint density at radius 2 is 2.18 bits per heavy atom. The maximum absolute atomic E-state index is 11.8. The van der Waals surface area contributed by atoms with Gasteiger partial charge in [-0.2, -0.15) is 4.99 Å². The van der Waals surface area contributed by atoms with Gasteiger partial charge in [0.1, 0.15) is 11.8 Å². The number of halogens is 1. The third kappa shape index (κ3) is 2.35. The van der Waals surface area contributed by atoms with Crippen LogP contribution in [0.1, 0.15) is 11.5 Å². The van der Waals surface area contributed by atoms with Crippen LogP contribution in [-0.4, -0.2) is 24.2 Å². The number of hydrogen-bond acceptors (Lipinski definition) is 3. The zero-order valence-corrected chi connectivity index (χ0v) is 9.57. The van der Waals surface area contributed by atoms with E-state index in [9.17, 15) is 9.59 Å². The highest BCUT2D eigenvalue weighted by Gasteiger charge is 2.32. The summed E-state index contributed by atoms with van der Waals surface area (Å²) < 4.78 is 0. The summed E-state index contributed by atoms with van der Waals surface area (Å²) >= 11 is 5.82. The van der Waals surface area contributed by atoms with Crippen LogP contribution in [0.5, 0.6) is 0 Å². The largest absolute Gasteiger partial charge is 0.324 e. The molecule has 0 saturated heterocycles. The Balaban J connectivity index is 2.37. The van der Waals surface area contributed by atoms with Gasteiger partial charge in [-0.1, -0.05) is 23.7 Å². The molecule has 1 aliphatic heterocycles. The van der Waals surface area contributed by atoms with Gasteiger partial charge in [-0.3, -0.25) is 9.59 Å². The summed E-state index contributed by atoms with van der Waals surface area (Å²) in [5.74, 6) is -1.69. The van der Waals surface area contributed by atoms with Crippen molar-refractivity contribution in [2.45, 2.75) is 5.92 Å². The second-order valence-electron chi connectivity index (χ2n) is 3.58. The van der Waals surface area contributed by atoms with Gasteiger partial charge in [-0.05, 0) is 17.7 Å². The summed E-state index contributed by atoms with van der Waals surface area (Å²) in [5.41, 5.74) is 5.84. The fourth-order valence-electron chi connectivity index (χ4n) is 1.63. The first-order valence-corrected chi connectivity index (χ1v) is 5.37. The molecule has 2 amide bonds. The molecular formula is C11H10ClN3O2. The van der Waals surface area contributed by atoms with Crippen molar-refractivity contribution < 1.29 is 9.59 Å². The van der Waals surface area contributed by atoms with E-state index in [0.717, 1.165) is 0 Å². The highest BCUT2D eigenvalue weighted by Crippen LogP contribution is 2.23. The van der Waals surface area contributed by atoms with Crippen molar-refractivity contribution in [1.82, 2.24) is 5.32 Å². The maximum Gasteiger partial charge on any atom is 0.264 e. The number of carbonyl (C=O) groups is 2. The lowest BCUT2D eigenvalue weighted by molar-refractivity contribution is -0.129. The van der Waals surface area contributed by atoms with Crippen molar-refractivity contribution in [2.24, 2.45) is 10.7 Å². The fraction of sp³-hybridized carbons (Fsp3) is 0.182. The van der Waals surface area contributed by atoms with Crippen molar-refractivity contribution in [1.29, 1.82) is 0 Å².